The summed E-state index contributed by atoms with van der Waals surface area (Å²) in [6.45, 7) is 3.11. The average Bonchev–Trinajstić information content (AvgIpc) is 3.46. The topological polar surface area (TPSA) is 105 Å². The summed E-state index contributed by atoms with van der Waals surface area (Å²) >= 11 is 1.14. The van der Waals surface area contributed by atoms with Crippen molar-refractivity contribution in [3.8, 4) is 11.5 Å². The number of hydrogen-bond acceptors (Lipinski definition) is 7. The summed E-state index contributed by atoms with van der Waals surface area (Å²) < 4.78 is 32.2. The lowest BCUT2D eigenvalue weighted by molar-refractivity contribution is -0.113. The van der Waals surface area contributed by atoms with Gasteiger partial charge in [0.25, 0.3) is 5.22 Å². The second-order valence-electron chi connectivity index (χ2n) is 7.21. The summed E-state index contributed by atoms with van der Waals surface area (Å²) in [5, 5.41) is 11.0. The fourth-order valence-corrected chi connectivity index (χ4v) is 5.27. The van der Waals surface area contributed by atoms with Gasteiger partial charge >= 0.3 is 0 Å². The monoisotopic (exact) mass is 458 g/mol. The maximum absolute atomic E-state index is 12.6. The number of anilines is 1. The van der Waals surface area contributed by atoms with Crippen LogP contribution in [0.2, 0.25) is 0 Å². The van der Waals surface area contributed by atoms with E-state index >= 15 is 0 Å². The van der Waals surface area contributed by atoms with Crippen LogP contribution >= 0.6 is 11.8 Å². The first-order valence-electron chi connectivity index (χ1n) is 9.85. The second kappa shape index (κ2) is 9.21. The molecule has 1 aliphatic rings. The number of amides is 1. The van der Waals surface area contributed by atoms with Gasteiger partial charge in [-0.1, -0.05) is 29.5 Å². The Morgan fingerprint density at radius 3 is 2.42 bits per heavy atom. The van der Waals surface area contributed by atoms with Crippen molar-refractivity contribution in [3.05, 3.63) is 54.1 Å². The molecule has 1 N–H and O–H groups in total. The summed E-state index contributed by atoms with van der Waals surface area (Å²) in [4.78, 5) is 12.5. The Balaban J connectivity index is 1.31. The molecule has 0 bridgehead atoms. The van der Waals surface area contributed by atoms with Gasteiger partial charge in [-0.15, -0.1) is 10.2 Å². The molecule has 1 aromatic heterocycles. The molecule has 3 aromatic rings. The van der Waals surface area contributed by atoms with Gasteiger partial charge in [0, 0.05) is 24.3 Å². The van der Waals surface area contributed by atoms with Crippen molar-refractivity contribution in [3.63, 3.8) is 0 Å². The Morgan fingerprint density at radius 2 is 1.74 bits per heavy atom. The van der Waals surface area contributed by atoms with Gasteiger partial charge < -0.3 is 9.73 Å². The SMILES string of the molecule is Cc1ccc(-c2nnc(SCC(=O)Nc3ccc(S(=O)(=O)N4CCCC4)cc3)o2)cc1. The molecule has 31 heavy (non-hydrogen) atoms. The van der Waals surface area contributed by atoms with Crippen LogP contribution in [0.1, 0.15) is 18.4 Å². The van der Waals surface area contributed by atoms with Gasteiger partial charge in [0.2, 0.25) is 21.8 Å². The molecule has 8 nitrogen and oxygen atoms in total. The molecule has 0 saturated carbocycles. The highest BCUT2D eigenvalue weighted by atomic mass is 32.2. The van der Waals surface area contributed by atoms with E-state index in [0.717, 1.165) is 35.7 Å². The van der Waals surface area contributed by atoms with Crippen molar-refractivity contribution < 1.29 is 17.6 Å². The first kappa shape index (κ1) is 21.5. The molecule has 2 aromatic carbocycles. The predicted molar refractivity (Wildman–Crippen MR) is 118 cm³/mol. The first-order chi connectivity index (χ1) is 14.9. The summed E-state index contributed by atoms with van der Waals surface area (Å²) in [7, 11) is -3.46. The van der Waals surface area contributed by atoms with Crippen LogP contribution in [0.15, 0.2) is 63.1 Å². The van der Waals surface area contributed by atoms with Crippen LogP contribution in [-0.2, 0) is 14.8 Å². The third-order valence-electron chi connectivity index (χ3n) is 4.87. The van der Waals surface area contributed by atoms with Crippen molar-refractivity contribution in [2.24, 2.45) is 0 Å². The third kappa shape index (κ3) is 5.15. The van der Waals surface area contributed by atoms with Crippen molar-refractivity contribution >= 4 is 33.4 Å². The van der Waals surface area contributed by atoms with Gasteiger partial charge in [0.1, 0.15) is 0 Å². The number of thioether (sulfide) groups is 1. The number of hydrogen-bond donors (Lipinski definition) is 1. The minimum atomic E-state index is -3.46. The Morgan fingerprint density at radius 1 is 1.06 bits per heavy atom. The van der Waals surface area contributed by atoms with E-state index < -0.39 is 10.0 Å². The molecule has 1 amide bonds. The van der Waals surface area contributed by atoms with Crippen LogP contribution in [-0.4, -0.2) is 47.7 Å². The molecule has 162 valence electrons. The predicted octanol–water partition coefficient (Wildman–Crippen LogP) is 3.56. The molecule has 2 heterocycles. The van der Waals surface area contributed by atoms with E-state index in [9.17, 15) is 13.2 Å². The Bertz CT molecular complexity index is 1150. The number of aromatic nitrogens is 2. The van der Waals surface area contributed by atoms with E-state index in [2.05, 4.69) is 15.5 Å². The summed E-state index contributed by atoms with van der Waals surface area (Å²) in [5.41, 5.74) is 2.48. The largest absolute Gasteiger partial charge is 0.411 e. The van der Waals surface area contributed by atoms with Crippen molar-refractivity contribution in [2.45, 2.75) is 29.9 Å². The summed E-state index contributed by atoms with van der Waals surface area (Å²) in [5.74, 6) is 0.233. The summed E-state index contributed by atoms with van der Waals surface area (Å²) in [6, 6.07) is 13.9. The molecule has 1 fully saturated rings. The standard InChI is InChI=1S/C21H22N4O4S2/c1-15-4-6-16(7-5-15)20-23-24-21(29-20)30-14-19(26)22-17-8-10-18(11-9-17)31(27,28)25-12-2-3-13-25/h4-11H,2-3,12-14H2,1H3,(H,22,26). The molecule has 0 radical (unpaired) electrons. The smallest absolute Gasteiger partial charge is 0.277 e. The van der Waals surface area contributed by atoms with Crippen molar-refractivity contribution in [1.29, 1.82) is 0 Å². The molecule has 10 heteroatoms. The number of nitrogens with zero attached hydrogens (tertiary/aromatic N) is 3. The minimum Gasteiger partial charge on any atom is -0.411 e. The van der Waals surface area contributed by atoms with Gasteiger partial charge in [0.15, 0.2) is 0 Å². The quantitative estimate of drug-likeness (QED) is 0.540. The number of carbonyl (C=O) groups excluding carboxylic acids is 1. The van der Waals surface area contributed by atoms with Gasteiger partial charge in [-0.2, -0.15) is 4.31 Å². The number of carbonyl (C=O) groups is 1. The number of benzene rings is 2. The molecule has 4 rings (SSSR count). The molecule has 0 unspecified atom stereocenters. The molecule has 0 atom stereocenters. The summed E-state index contributed by atoms with van der Waals surface area (Å²) in [6.07, 6.45) is 1.77. The molecule has 0 aliphatic carbocycles. The van der Waals surface area contributed by atoms with Crippen molar-refractivity contribution in [1.82, 2.24) is 14.5 Å². The number of sulfonamides is 1. The van der Waals surface area contributed by atoms with Crippen LogP contribution in [0.5, 0.6) is 0 Å². The van der Waals surface area contributed by atoms with Crippen LogP contribution in [0.25, 0.3) is 11.5 Å². The maximum Gasteiger partial charge on any atom is 0.277 e. The Hall–Kier alpha value is -2.69. The number of rotatable bonds is 7. The lowest BCUT2D eigenvalue weighted by atomic mass is 10.1. The van der Waals surface area contributed by atoms with Gasteiger partial charge in [-0.05, 0) is 56.2 Å². The van der Waals surface area contributed by atoms with E-state index in [1.54, 1.807) is 12.1 Å². The zero-order chi connectivity index (χ0) is 21.8. The molecular weight excluding hydrogens is 436 g/mol. The fraction of sp³-hybridized carbons (Fsp3) is 0.286. The van der Waals surface area contributed by atoms with Crippen LogP contribution in [0.3, 0.4) is 0 Å². The van der Waals surface area contributed by atoms with Gasteiger partial charge in [-0.3, -0.25) is 4.79 Å². The number of nitrogens with one attached hydrogen (secondary N) is 1. The van der Waals surface area contributed by atoms with Gasteiger partial charge in [-0.25, -0.2) is 8.42 Å². The maximum atomic E-state index is 12.6. The lowest BCUT2D eigenvalue weighted by Gasteiger charge is -2.15. The highest BCUT2D eigenvalue weighted by Crippen LogP contribution is 2.24. The molecule has 1 saturated heterocycles. The highest BCUT2D eigenvalue weighted by Gasteiger charge is 2.26. The van der Waals surface area contributed by atoms with E-state index in [4.69, 9.17) is 4.42 Å². The average molecular weight is 459 g/mol. The molecular formula is C21H22N4O4S2. The molecule has 0 spiro atoms. The highest BCUT2D eigenvalue weighted by molar-refractivity contribution is 7.99. The Kier molecular flexibility index (Phi) is 6.40. The van der Waals surface area contributed by atoms with Crippen molar-refractivity contribution in [2.75, 3.05) is 24.2 Å². The zero-order valence-corrected chi connectivity index (χ0v) is 18.6. The van der Waals surface area contributed by atoms with Crippen LogP contribution in [0, 0.1) is 6.92 Å². The fourth-order valence-electron chi connectivity index (χ4n) is 3.19. The zero-order valence-electron chi connectivity index (χ0n) is 16.9. The third-order valence-corrected chi connectivity index (χ3v) is 7.60. The second-order valence-corrected chi connectivity index (χ2v) is 10.1. The van der Waals surface area contributed by atoms with E-state index in [1.807, 2.05) is 31.2 Å². The van der Waals surface area contributed by atoms with Gasteiger partial charge in [0.05, 0.1) is 10.6 Å². The lowest BCUT2D eigenvalue weighted by Crippen LogP contribution is -2.27. The van der Waals surface area contributed by atoms with Crippen LogP contribution < -0.4 is 5.32 Å². The van der Waals surface area contributed by atoms with E-state index in [0.29, 0.717) is 29.9 Å². The van der Waals surface area contributed by atoms with Crippen LogP contribution in [0.4, 0.5) is 5.69 Å². The Labute approximate surface area is 185 Å². The first-order valence-corrected chi connectivity index (χ1v) is 12.3. The minimum absolute atomic E-state index is 0.0867. The number of aryl methyl sites for hydroxylation is 1. The van der Waals surface area contributed by atoms with E-state index in [1.165, 1.54) is 16.4 Å². The molecule has 1 aliphatic heterocycles. The normalized spacial score (nSPS) is 14.6. The van der Waals surface area contributed by atoms with E-state index in [-0.39, 0.29) is 16.6 Å².